The normalized spacial score (nSPS) is 10.3. The Morgan fingerprint density at radius 1 is 1.50 bits per heavy atom. The molecule has 0 aliphatic carbocycles. The molecule has 0 saturated heterocycles. The molecule has 0 bridgehead atoms. The molecule has 5 nitrogen and oxygen atoms in total. The van der Waals surface area contributed by atoms with Gasteiger partial charge >= 0.3 is 0 Å². The van der Waals surface area contributed by atoms with Crippen molar-refractivity contribution in [3.8, 4) is 11.3 Å². The van der Waals surface area contributed by atoms with Gasteiger partial charge in [0.1, 0.15) is 0 Å². The summed E-state index contributed by atoms with van der Waals surface area (Å²) in [7, 11) is 0. The lowest BCUT2D eigenvalue weighted by atomic mass is 10.2. The van der Waals surface area contributed by atoms with Crippen molar-refractivity contribution in [1.82, 2.24) is 9.97 Å². The van der Waals surface area contributed by atoms with Gasteiger partial charge in [-0.15, -0.1) is 0 Å². The summed E-state index contributed by atoms with van der Waals surface area (Å²) in [6.45, 7) is 0.148. The minimum Gasteiger partial charge on any atom is -0.364 e. The van der Waals surface area contributed by atoms with Crippen LogP contribution >= 0.6 is 11.3 Å². The van der Waals surface area contributed by atoms with Crippen molar-refractivity contribution < 1.29 is 4.79 Å². The van der Waals surface area contributed by atoms with Crippen LogP contribution < -0.4 is 11.5 Å². The van der Waals surface area contributed by atoms with E-state index in [9.17, 15) is 4.79 Å². The van der Waals surface area contributed by atoms with Crippen molar-refractivity contribution in [3.63, 3.8) is 0 Å². The fourth-order valence-electron chi connectivity index (χ4n) is 1.31. The van der Waals surface area contributed by atoms with Gasteiger partial charge in [-0.05, 0) is 11.4 Å². The molecule has 2 heterocycles. The maximum absolute atomic E-state index is 11.2. The topological polar surface area (TPSA) is 94.9 Å². The summed E-state index contributed by atoms with van der Waals surface area (Å²) in [5.41, 5.74) is 12.8. The molecule has 2 rings (SSSR count). The highest BCUT2D eigenvalue weighted by atomic mass is 32.1. The van der Waals surface area contributed by atoms with Gasteiger partial charge in [0, 0.05) is 17.5 Å². The van der Waals surface area contributed by atoms with Crippen molar-refractivity contribution >= 4 is 17.2 Å². The second-order valence-electron chi connectivity index (χ2n) is 3.13. The number of amides is 1. The lowest BCUT2D eigenvalue weighted by molar-refractivity contribution is 0.0994. The van der Waals surface area contributed by atoms with E-state index in [-0.39, 0.29) is 12.2 Å². The lowest BCUT2D eigenvalue weighted by Crippen LogP contribution is -2.19. The van der Waals surface area contributed by atoms with Crippen molar-refractivity contribution in [1.29, 1.82) is 0 Å². The number of carbonyl (C=O) groups excluding carboxylic acids is 1. The van der Waals surface area contributed by atoms with Crippen LogP contribution in [-0.4, -0.2) is 15.9 Å². The Kier molecular flexibility index (Phi) is 2.93. The van der Waals surface area contributed by atoms with E-state index in [0.717, 1.165) is 5.56 Å². The van der Waals surface area contributed by atoms with E-state index >= 15 is 0 Å². The second-order valence-corrected chi connectivity index (χ2v) is 3.91. The summed E-state index contributed by atoms with van der Waals surface area (Å²) in [5, 5.41) is 3.86. The Morgan fingerprint density at radius 2 is 2.31 bits per heavy atom. The quantitative estimate of drug-likeness (QED) is 0.819. The van der Waals surface area contributed by atoms with E-state index in [1.165, 1.54) is 0 Å². The van der Waals surface area contributed by atoms with E-state index in [1.54, 1.807) is 17.5 Å². The Balaban J connectivity index is 2.51. The van der Waals surface area contributed by atoms with Gasteiger partial charge in [-0.2, -0.15) is 11.3 Å². The number of primary amides is 1. The predicted molar refractivity (Wildman–Crippen MR) is 61.8 cm³/mol. The molecule has 0 saturated carbocycles. The molecule has 0 aliphatic rings. The van der Waals surface area contributed by atoms with Crippen LogP contribution in [0.4, 0.5) is 0 Å². The minimum atomic E-state index is -0.606. The molecule has 0 fully saturated rings. The smallest absolute Gasteiger partial charge is 0.269 e. The molecule has 0 atom stereocenters. The first-order valence-electron chi connectivity index (χ1n) is 4.60. The van der Waals surface area contributed by atoms with Gasteiger partial charge in [0.15, 0.2) is 5.69 Å². The van der Waals surface area contributed by atoms with Gasteiger partial charge in [-0.3, -0.25) is 9.78 Å². The molecule has 16 heavy (non-hydrogen) atoms. The van der Waals surface area contributed by atoms with Crippen molar-refractivity contribution in [3.05, 3.63) is 34.4 Å². The van der Waals surface area contributed by atoms with Gasteiger partial charge in [0.25, 0.3) is 5.91 Å². The standard InChI is InChI=1S/C10H10N4OS/c11-3-7-9(10(12)15)14-8(4-13-7)6-1-2-16-5-6/h1-2,4-5H,3,11H2,(H2,12,15). The monoisotopic (exact) mass is 234 g/mol. The van der Waals surface area contributed by atoms with Crippen LogP contribution in [0.15, 0.2) is 23.0 Å². The van der Waals surface area contributed by atoms with E-state index in [1.807, 2.05) is 16.8 Å². The van der Waals surface area contributed by atoms with Gasteiger partial charge < -0.3 is 11.5 Å². The number of hydrogen-bond donors (Lipinski definition) is 2. The molecular formula is C10H10N4OS. The fraction of sp³-hybridized carbons (Fsp3) is 0.100. The van der Waals surface area contributed by atoms with E-state index in [2.05, 4.69) is 9.97 Å². The molecule has 6 heteroatoms. The highest BCUT2D eigenvalue weighted by Gasteiger charge is 2.12. The Morgan fingerprint density at radius 3 is 2.88 bits per heavy atom. The van der Waals surface area contributed by atoms with Crippen molar-refractivity contribution in [2.75, 3.05) is 0 Å². The molecule has 0 unspecified atom stereocenters. The average molecular weight is 234 g/mol. The van der Waals surface area contributed by atoms with Crippen LogP contribution in [0.5, 0.6) is 0 Å². The summed E-state index contributed by atoms with van der Waals surface area (Å²) in [6.07, 6.45) is 1.59. The molecule has 0 radical (unpaired) electrons. The summed E-state index contributed by atoms with van der Waals surface area (Å²) in [4.78, 5) is 19.4. The highest BCUT2D eigenvalue weighted by Crippen LogP contribution is 2.20. The number of hydrogen-bond acceptors (Lipinski definition) is 5. The van der Waals surface area contributed by atoms with Crippen LogP contribution in [-0.2, 0) is 6.54 Å². The maximum Gasteiger partial charge on any atom is 0.269 e. The summed E-state index contributed by atoms with van der Waals surface area (Å²) in [6, 6.07) is 1.90. The molecule has 1 amide bonds. The van der Waals surface area contributed by atoms with Crippen molar-refractivity contribution in [2.45, 2.75) is 6.54 Å². The number of aromatic nitrogens is 2. The van der Waals surface area contributed by atoms with Gasteiger partial charge in [-0.25, -0.2) is 4.98 Å². The second kappa shape index (κ2) is 4.38. The van der Waals surface area contributed by atoms with Crippen molar-refractivity contribution in [2.24, 2.45) is 11.5 Å². The number of carbonyl (C=O) groups is 1. The first kappa shape index (κ1) is 10.7. The van der Waals surface area contributed by atoms with Crippen LogP contribution in [0.25, 0.3) is 11.3 Å². The number of thiophene rings is 1. The van der Waals surface area contributed by atoms with Gasteiger partial charge in [0.2, 0.25) is 0 Å². The third kappa shape index (κ3) is 1.93. The zero-order chi connectivity index (χ0) is 11.5. The van der Waals surface area contributed by atoms with Crippen LogP contribution in [0.1, 0.15) is 16.2 Å². The number of nitrogens with two attached hydrogens (primary N) is 2. The average Bonchev–Trinajstić information content (AvgIpc) is 2.81. The van der Waals surface area contributed by atoms with E-state index in [0.29, 0.717) is 11.4 Å². The number of nitrogens with zero attached hydrogens (tertiary/aromatic N) is 2. The summed E-state index contributed by atoms with van der Waals surface area (Å²) in [5.74, 6) is -0.606. The molecule has 2 aromatic heterocycles. The first-order valence-corrected chi connectivity index (χ1v) is 5.55. The molecule has 82 valence electrons. The molecule has 2 aromatic rings. The third-order valence-corrected chi connectivity index (χ3v) is 2.78. The zero-order valence-electron chi connectivity index (χ0n) is 8.38. The summed E-state index contributed by atoms with van der Waals surface area (Å²) >= 11 is 1.55. The molecule has 0 spiro atoms. The minimum absolute atomic E-state index is 0.145. The van der Waals surface area contributed by atoms with Gasteiger partial charge in [-0.1, -0.05) is 0 Å². The SMILES string of the molecule is NCc1ncc(-c2ccsc2)nc1C(N)=O. The Labute approximate surface area is 96.1 Å². The fourth-order valence-corrected chi connectivity index (χ4v) is 1.96. The Hall–Kier alpha value is -1.79. The van der Waals surface area contributed by atoms with E-state index in [4.69, 9.17) is 11.5 Å². The highest BCUT2D eigenvalue weighted by molar-refractivity contribution is 7.08. The molecule has 0 aliphatic heterocycles. The van der Waals surface area contributed by atoms with Crippen LogP contribution in [0, 0.1) is 0 Å². The predicted octanol–water partition coefficient (Wildman–Crippen LogP) is 0.763. The molecule has 4 N–H and O–H groups in total. The number of rotatable bonds is 3. The third-order valence-electron chi connectivity index (χ3n) is 2.09. The van der Waals surface area contributed by atoms with Gasteiger partial charge in [0.05, 0.1) is 17.6 Å². The molecule has 0 aromatic carbocycles. The van der Waals surface area contributed by atoms with Crippen LogP contribution in [0.3, 0.4) is 0 Å². The Bertz CT molecular complexity index is 510. The zero-order valence-corrected chi connectivity index (χ0v) is 9.20. The largest absolute Gasteiger partial charge is 0.364 e. The first-order chi connectivity index (χ1) is 7.72. The summed E-state index contributed by atoms with van der Waals surface area (Å²) < 4.78 is 0. The van der Waals surface area contributed by atoms with Crippen LogP contribution in [0.2, 0.25) is 0 Å². The lowest BCUT2D eigenvalue weighted by Gasteiger charge is -2.04. The maximum atomic E-state index is 11.2. The van der Waals surface area contributed by atoms with E-state index < -0.39 is 5.91 Å². The molecular weight excluding hydrogens is 224 g/mol.